The second kappa shape index (κ2) is 10.8. The molecule has 1 aliphatic heterocycles. The molecular weight excluding hydrogens is 549 g/mol. The van der Waals surface area contributed by atoms with E-state index in [0.29, 0.717) is 6.42 Å². The highest BCUT2D eigenvalue weighted by Crippen LogP contribution is 2.65. The highest BCUT2D eigenvalue weighted by Gasteiger charge is 2.67. The number of Topliss-reactive ketones (excluding diaryl/α,β-unsaturated/α-hetero) is 1. The van der Waals surface area contributed by atoms with E-state index in [-0.39, 0.29) is 31.4 Å². The van der Waals surface area contributed by atoms with Crippen LogP contribution in [0.4, 0.5) is 13.2 Å². The Balaban J connectivity index is 1.79. The molecule has 2 aliphatic carbocycles. The van der Waals surface area contributed by atoms with Crippen molar-refractivity contribution >= 4 is 29.7 Å². The molecule has 1 heterocycles. The molecule has 2 saturated carbocycles. The van der Waals surface area contributed by atoms with E-state index in [1.165, 1.54) is 20.1 Å². The van der Waals surface area contributed by atoms with Crippen LogP contribution in [0.25, 0.3) is 0 Å². The van der Waals surface area contributed by atoms with Crippen molar-refractivity contribution in [3.8, 4) is 0 Å². The van der Waals surface area contributed by atoms with E-state index >= 15 is 0 Å². The molecule has 9 nitrogen and oxygen atoms in total. The number of carbonyl (C=O) groups excluding carboxylic acids is 5. The number of esters is 4. The second-order valence-electron chi connectivity index (χ2n) is 11.5. The summed E-state index contributed by atoms with van der Waals surface area (Å²) in [6.07, 6.45) is -6.85. The van der Waals surface area contributed by atoms with Crippen molar-refractivity contribution in [2.75, 3.05) is 13.7 Å². The van der Waals surface area contributed by atoms with E-state index in [1.807, 2.05) is 0 Å². The van der Waals surface area contributed by atoms with E-state index in [1.54, 1.807) is 13.8 Å². The lowest BCUT2D eigenvalue weighted by Gasteiger charge is -2.61. The van der Waals surface area contributed by atoms with Crippen molar-refractivity contribution in [3.05, 3.63) is 34.9 Å². The molecule has 7 atom stereocenters. The topological polar surface area (TPSA) is 122 Å². The van der Waals surface area contributed by atoms with Crippen molar-refractivity contribution < 1.29 is 56.1 Å². The monoisotopic (exact) mass is 582 g/mol. The molecule has 1 aromatic carbocycles. The second-order valence-corrected chi connectivity index (χ2v) is 11.5. The first-order chi connectivity index (χ1) is 19.1. The number of rotatable bonds is 5. The third-order valence-electron chi connectivity index (χ3n) is 9.11. The number of hydrogen-bond acceptors (Lipinski definition) is 9. The fourth-order valence-electron chi connectivity index (χ4n) is 7.39. The zero-order valence-electron chi connectivity index (χ0n) is 23.5. The maximum absolute atomic E-state index is 14.0. The molecule has 1 saturated heterocycles. The summed E-state index contributed by atoms with van der Waals surface area (Å²) in [6.45, 7) is 5.97. The molecule has 1 aromatic rings. The molecule has 0 aromatic heterocycles. The first-order valence-corrected chi connectivity index (χ1v) is 13.5. The Morgan fingerprint density at radius 2 is 1.80 bits per heavy atom. The summed E-state index contributed by atoms with van der Waals surface area (Å²) >= 11 is 0. The van der Waals surface area contributed by atoms with Gasteiger partial charge in [-0.3, -0.25) is 19.2 Å². The quantitative estimate of drug-likeness (QED) is 0.362. The van der Waals surface area contributed by atoms with Gasteiger partial charge in [0.15, 0.2) is 11.9 Å². The van der Waals surface area contributed by atoms with Crippen LogP contribution in [-0.4, -0.2) is 49.5 Å². The van der Waals surface area contributed by atoms with Gasteiger partial charge in [0.25, 0.3) is 0 Å². The van der Waals surface area contributed by atoms with Crippen molar-refractivity contribution in [2.45, 2.75) is 71.8 Å². The van der Waals surface area contributed by atoms with Crippen molar-refractivity contribution in [1.29, 1.82) is 0 Å². The van der Waals surface area contributed by atoms with Crippen LogP contribution in [0, 0.1) is 28.6 Å². The SMILES string of the molecule is CCOC(=O)c1ccc([C@@H]2C[C@]3(C)[C@H]4C(=O)[C@@H](OC(C)=O)C[C@@H](C(=O)OC)[C@]4(C)CC[C@H]3C(=O)O2)cc1C(F)(F)F. The summed E-state index contributed by atoms with van der Waals surface area (Å²) in [4.78, 5) is 64.3. The maximum Gasteiger partial charge on any atom is 0.417 e. The number of hydrogen-bond donors (Lipinski definition) is 0. The van der Waals surface area contributed by atoms with Gasteiger partial charge >= 0.3 is 30.1 Å². The van der Waals surface area contributed by atoms with Gasteiger partial charge in [0, 0.05) is 19.3 Å². The van der Waals surface area contributed by atoms with Gasteiger partial charge in [-0.15, -0.1) is 0 Å². The number of benzene rings is 1. The van der Waals surface area contributed by atoms with Crippen LogP contribution < -0.4 is 0 Å². The Labute approximate surface area is 235 Å². The van der Waals surface area contributed by atoms with Crippen LogP contribution in [0.5, 0.6) is 0 Å². The number of ether oxygens (including phenoxy) is 4. The van der Waals surface area contributed by atoms with Gasteiger partial charge in [-0.2, -0.15) is 13.2 Å². The van der Waals surface area contributed by atoms with Gasteiger partial charge in [-0.1, -0.05) is 19.9 Å². The van der Waals surface area contributed by atoms with Crippen LogP contribution in [-0.2, 0) is 44.3 Å². The predicted octanol–water partition coefficient (Wildman–Crippen LogP) is 4.60. The van der Waals surface area contributed by atoms with Gasteiger partial charge < -0.3 is 18.9 Å². The minimum Gasteiger partial charge on any atom is -0.469 e. The summed E-state index contributed by atoms with van der Waals surface area (Å²) < 4.78 is 62.8. The lowest BCUT2D eigenvalue weighted by Crippen LogP contribution is -2.64. The maximum atomic E-state index is 14.0. The number of fused-ring (bicyclic) bond motifs is 3. The van der Waals surface area contributed by atoms with E-state index < -0.39 is 87.8 Å². The van der Waals surface area contributed by atoms with Crippen LogP contribution >= 0.6 is 0 Å². The summed E-state index contributed by atoms with van der Waals surface area (Å²) in [7, 11) is 1.22. The smallest absolute Gasteiger partial charge is 0.417 e. The normalized spacial score (nSPS) is 33.1. The van der Waals surface area contributed by atoms with Crippen molar-refractivity contribution in [1.82, 2.24) is 0 Å². The average Bonchev–Trinajstić information content (AvgIpc) is 2.88. The minimum absolute atomic E-state index is 0.00464. The fraction of sp³-hybridized carbons (Fsp3) is 0.621. The number of halogens is 3. The largest absolute Gasteiger partial charge is 0.469 e. The molecule has 0 N–H and O–H groups in total. The lowest BCUT2D eigenvalue weighted by molar-refractivity contribution is -0.210. The summed E-state index contributed by atoms with van der Waals surface area (Å²) in [6, 6.07) is 3.02. The van der Waals surface area contributed by atoms with Crippen molar-refractivity contribution in [2.24, 2.45) is 28.6 Å². The zero-order valence-corrected chi connectivity index (χ0v) is 23.5. The third kappa shape index (κ3) is 5.21. The Hall–Kier alpha value is -3.44. The number of alkyl halides is 3. The van der Waals surface area contributed by atoms with Crippen LogP contribution in [0.1, 0.15) is 81.0 Å². The van der Waals surface area contributed by atoms with Gasteiger partial charge in [-0.25, -0.2) is 4.79 Å². The third-order valence-corrected chi connectivity index (χ3v) is 9.11. The Morgan fingerprint density at radius 1 is 1.12 bits per heavy atom. The number of methoxy groups -OCH3 is 1. The number of cyclic esters (lactones) is 1. The van der Waals surface area contributed by atoms with E-state index in [4.69, 9.17) is 18.9 Å². The van der Waals surface area contributed by atoms with Gasteiger partial charge in [0.1, 0.15) is 6.10 Å². The van der Waals surface area contributed by atoms with Gasteiger partial charge in [0.05, 0.1) is 36.7 Å². The molecule has 3 fully saturated rings. The predicted molar refractivity (Wildman–Crippen MR) is 134 cm³/mol. The Kier molecular flexibility index (Phi) is 8.01. The fourth-order valence-corrected chi connectivity index (χ4v) is 7.39. The lowest BCUT2D eigenvalue weighted by atomic mass is 9.43. The molecular formula is C29H33F3O9. The highest BCUT2D eigenvalue weighted by molar-refractivity contribution is 5.93. The number of carbonyl (C=O) groups is 5. The first-order valence-electron chi connectivity index (χ1n) is 13.5. The van der Waals surface area contributed by atoms with E-state index in [0.717, 1.165) is 19.1 Å². The summed E-state index contributed by atoms with van der Waals surface area (Å²) in [5.41, 5.74) is -4.05. The van der Waals surface area contributed by atoms with Crippen LogP contribution in [0.3, 0.4) is 0 Å². The standard InChI is InChI=1S/C29H33F3O9/c1-6-39-24(35)16-8-7-15(11-18(16)29(30,31)32)21-13-28(4)17(26(37)41-21)9-10-27(3)19(25(36)38-5)12-20(40-14(2)33)22(34)23(27)28/h7-8,11,17,19-21,23H,6,9-10,12-13H2,1-5H3/t17-,19-,20-,21-,23-,27-,28-/m0/s1. The number of ketones is 1. The highest BCUT2D eigenvalue weighted by atomic mass is 19.4. The molecule has 4 rings (SSSR count). The van der Waals surface area contributed by atoms with Crippen LogP contribution in [0.2, 0.25) is 0 Å². The molecule has 0 radical (unpaired) electrons. The van der Waals surface area contributed by atoms with E-state index in [2.05, 4.69) is 0 Å². The minimum atomic E-state index is -4.91. The molecule has 224 valence electrons. The first kappa shape index (κ1) is 30.5. The van der Waals surface area contributed by atoms with Gasteiger partial charge in [-0.05, 0) is 54.7 Å². The summed E-state index contributed by atoms with van der Waals surface area (Å²) in [5.74, 6) is -6.13. The van der Waals surface area contributed by atoms with E-state index in [9.17, 15) is 37.1 Å². The molecule has 12 heteroatoms. The van der Waals surface area contributed by atoms with Crippen molar-refractivity contribution in [3.63, 3.8) is 0 Å². The molecule has 0 unspecified atom stereocenters. The Bertz CT molecular complexity index is 1270. The molecule has 0 bridgehead atoms. The molecule has 41 heavy (non-hydrogen) atoms. The Morgan fingerprint density at radius 3 is 2.39 bits per heavy atom. The molecule has 0 spiro atoms. The van der Waals surface area contributed by atoms with Crippen LogP contribution in [0.15, 0.2) is 18.2 Å². The molecule has 3 aliphatic rings. The average molecular weight is 583 g/mol. The van der Waals surface area contributed by atoms with Gasteiger partial charge in [0.2, 0.25) is 0 Å². The zero-order chi connectivity index (χ0) is 30.5. The summed E-state index contributed by atoms with van der Waals surface area (Å²) in [5, 5.41) is 0. The molecule has 0 amide bonds.